The number of aryl methyl sites for hydroxylation is 1. The maximum atomic E-state index is 10.7. The van der Waals surface area contributed by atoms with E-state index in [2.05, 4.69) is 53.4 Å². The largest absolute Gasteiger partial charge is 0.507 e. The Morgan fingerprint density at radius 3 is 2.50 bits per heavy atom. The Balaban J connectivity index is 1.45. The summed E-state index contributed by atoms with van der Waals surface area (Å²) in [6.45, 7) is 6.47. The van der Waals surface area contributed by atoms with Crippen LogP contribution in [0, 0.1) is 0 Å². The van der Waals surface area contributed by atoms with Gasteiger partial charge in [0.1, 0.15) is 5.75 Å². The summed E-state index contributed by atoms with van der Waals surface area (Å²) in [7, 11) is 0. The number of fused-ring (bicyclic) bond motifs is 1. The summed E-state index contributed by atoms with van der Waals surface area (Å²) >= 11 is 0. The van der Waals surface area contributed by atoms with Crippen LogP contribution in [0.25, 0.3) is 33.4 Å². The summed E-state index contributed by atoms with van der Waals surface area (Å²) in [4.78, 5) is 0. The van der Waals surface area contributed by atoms with Crippen LogP contribution in [0.1, 0.15) is 50.7 Å². The number of benzene rings is 1. The SMILES string of the molecule is [2H]C([2H])([2H])n1cc(-c2ccc(-c3cc4cnn(C5CC(C)(C)NC(C)(C)C5)c4nn3)c(O)c2)cn1. The van der Waals surface area contributed by atoms with Crippen molar-refractivity contribution < 1.29 is 9.22 Å². The molecule has 0 atom stereocenters. The van der Waals surface area contributed by atoms with Gasteiger partial charge in [-0.3, -0.25) is 4.68 Å². The van der Waals surface area contributed by atoms with Crippen LogP contribution in [-0.2, 0) is 6.98 Å². The molecule has 0 spiro atoms. The van der Waals surface area contributed by atoms with E-state index >= 15 is 0 Å². The number of nitrogens with zero attached hydrogens (tertiary/aromatic N) is 6. The summed E-state index contributed by atoms with van der Waals surface area (Å²) < 4.78 is 25.3. The van der Waals surface area contributed by atoms with Gasteiger partial charge in [-0.25, -0.2) is 4.68 Å². The molecule has 1 aliphatic rings. The molecular formula is C24H29N7O. The van der Waals surface area contributed by atoms with Crippen LogP contribution in [0.15, 0.2) is 42.9 Å². The fraction of sp³-hybridized carbons (Fsp3) is 0.417. The van der Waals surface area contributed by atoms with Crippen LogP contribution in [0.5, 0.6) is 5.75 Å². The summed E-state index contributed by atoms with van der Waals surface area (Å²) in [5, 5.41) is 32.7. The van der Waals surface area contributed by atoms with Gasteiger partial charge >= 0.3 is 0 Å². The highest BCUT2D eigenvalue weighted by atomic mass is 16.3. The van der Waals surface area contributed by atoms with E-state index < -0.39 is 6.98 Å². The molecule has 32 heavy (non-hydrogen) atoms. The van der Waals surface area contributed by atoms with Gasteiger partial charge in [-0.05, 0) is 64.3 Å². The number of rotatable bonds is 3. The zero-order valence-corrected chi connectivity index (χ0v) is 18.7. The lowest BCUT2D eigenvalue weighted by molar-refractivity contribution is 0.128. The van der Waals surface area contributed by atoms with Crippen molar-refractivity contribution in [2.75, 3.05) is 0 Å². The van der Waals surface area contributed by atoms with Crippen LogP contribution >= 0.6 is 0 Å². The fourth-order valence-corrected chi connectivity index (χ4v) is 5.09. The van der Waals surface area contributed by atoms with E-state index in [1.807, 2.05) is 10.7 Å². The number of piperidine rings is 1. The molecule has 1 aromatic carbocycles. The van der Waals surface area contributed by atoms with Crippen molar-refractivity contribution in [3.8, 4) is 28.1 Å². The van der Waals surface area contributed by atoms with Crippen LogP contribution in [-0.4, -0.2) is 45.9 Å². The number of hydrogen-bond donors (Lipinski definition) is 2. The summed E-state index contributed by atoms with van der Waals surface area (Å²) in [6, 6.07) is 7.19. The Morgan fingerprint density at radius 1 is 1.03 bits per heavy atom. The third kappa shape index (κ3) is 3.75. The molecule has 0 radical (unpaired) electrons. The first kappa shape index (κ1) is 17.3. The smallest absolute Gasteiger partial charge is 0.180 e. The van der Waals surface area contributed by atoms with Crippen molar-refractivity contribution in [3.63, 3.8) is 0 Å². The minimum absolute atomic E-state index is 0.0204. The number of phenols is 1. The van der Waals surface area contributed by atoms with E-state index in [1.165, 1.54) is 12.4 Å². The molecule has 0 bridgehead atoms. The van der Waals surface area contributed by atoms with Crippen molar-refractivity contribution >= 4 is 11.0 Å². The first-order valence-electron chi connectivity index (χ1n) is 12.2. The Labute approximate surface area is 191 Å². The Hall–Kier alpha value is -3.26. The van der Waals surface area contributed by atoms with Crippen LogP contribution in [0.2, 0.25) is 0 Å². The average Bonchev–Trinajstić information content (AvgIpc) is 3.38. The lowest BCUT2D eigenvalue weighted by Crippen LogP contribution is -2.58. The Bertz CT molecular complexity index is 1390. The molecule has 8 nitrogen and oxygen atoms in total. The first-order valence-corrected chi connectivity index (χ1v) is 10.7. The maximum Gasteiger partial charge on any atom is 0.180 e. The fourth-order valence-electron chi connectivity index (χ4n) is 5.09. The van der Waals surface area contributed by atoms with Gasteiger partial charge in [0, 0.05) is 44.9 Å². The molecule has 8 heteroatoms. The van der Waals surface area contributed by atoms with Crippen molar-refractivity contribution in [2.45, 2.75) is 57.7 Å². The molecule has 0 saturated carbocycles. The Kier molecular flexibility index (Phi) is 3.86. The van der Waals surface area contributed by atoms with Crippen LogP contribution in [0.4, 0.5) is 0 Å². The van der Waals surface area contributed by atoms with Crippen molar-refractivity contribution in [2.24, 2.45) is 6.98 Å². The molecule has 2 N–H and O–H groups in total. The molecule has 5 rings (SSSR count). The van der Waals surface area contributed by atoms with Gasteiger partial charge in [0.25, 0.3) is 0 Å². The quantitative estimate of drug-likeness (QED) is 0.505. The van der Waals surface area contributed by atoms with Crippen molar-refractivity contribution in [1.29, 1.82) is 0 Å². The topological polar surface area (TPSA) is 93.7 Å². The van der Waals surface area contributed by atoms with Crippen molar-refractivity contribution in [1.82, 2.24) is 35.1 Å². The monoisotopic (exact) mass is 434 g/mol. The van der Waals surface area contributed by atoms with Crippen molar-refractivity contribution in [3.05, 3.63) is 42.9 Å². The number of nitrogens with one attached hydrogen (secondary N) is 1. The molecule has 1 fully saturated rings. The molecule has 4 aromatic rings. The zero-order valence-electron chi connectivity index (χ0n) is 21.7. The predicted octanol–water partition coefficient (Wildman–Crippen LogP) is 4.08. The van der Waals surface area contributed by atoms with Crippen LogP contribution in [0.3, 0.4) is 0 Å². The molecular weight excluding hydrogens is 402 g/mol. The van der Waals surface area contributed by atoms with Gasteiger partial charge in [0.15, 0.2) is 5.65 Å². The highest BCUT2D eigenvalue weighted by Gasteiger charge is 2.39. The summed E-state index contributed by atoms with van der Waals surface area (Å²) in [6.07, 6.45) is 6.55. The zero-order chi connectivity index (χ0) is 25.2. The highest BCUT2D eigenvalue weighted by Crippen LogP contribution is 2.37. The molecule has 4 heterocycles. The molecule has 1 aliphatic heterocycles. The summed E-state index contributed by atoms with van der Waals surface area (Å²) in [5.74, 6) is 0.0204. The number of aromatic nitrogens is 6. The number of aromatic hydroxyl groups is 1. The molecule has 0 aliphatic carbocycles. The van der Waals surface area contributed by atoms with E-state index in [0.29, 0.717) is 22.4 Å². The first-order chi connectivity index (χ1) is 16.3. The second-order valence-corrected chi connectivity index (χ2v) is 9.96. The Morgan fingerprint density at radius 2 is 1.81 bits per heavy atom. The third-order valence-electron chi connectivity index (χ3n) is 6.05. The second kappa shape index (κ2) is 7.13. The lowest BCUT2D eigenvalue weighted by atomic mass is 9.79. The summed E-state index contributed by atoms with van der Waals surface area (Å²) in [5.41, 5.74) is 2.99. The van der Waals surface area contributed by atoms with Gasteiger partial charge in [-0.15, -0.1) is 10.2 Å². The van der Waals surface area contributed by atoms with E-state index in [9.17, 15) is 5.11 Å². The van der Waals surface area contributed by atoms with E-state index in [4.69, 9.17) is 4.11 Å². The average molecular weight is 435 g/mol. The lowest BCUT2D eigenvalue weighted by Gasteiger charge is -2.46. The van der Waals surface area contributed by atoms with Gasteiger partial charge < -0.3 is 10.4 Å². The van der Waals surface area contributed by atoms with E-state index in [0.717, 1.165) is 28.6 Å². The molecule has 166 valence electrons. The molecule has 0 amide bonds. The number of phenolic OH excluding ortho intramolecular Hbond substituents is 1. The highest BCUT2D eigenvalue weighted by molar-refractivity contribution is 5.81. The van der Waals surface area contributed by atoms with Gasteiger partial charge in [0.05, 0.1) is 24.1 Å². The van der Waals surface area contributed by atoms with E-state index in [-0.39, 0.29) is 22.9 Å². The second-order valence-electron chi connectivity index (χ2n) is 9.96. The molecule has 3 aromatic heterocycles. The maximum absolute atomic E-state index is 10.7. The van der Waals surface area contributed by atoms with E-state index in [1.54, 1.807) is 24.4 Å². The number of hydrogen-bond acceptors (Lipinski definition) is 6. The third-order valence-corrected chi connectivity index (χ3v) is 6.05. The van der Waals surface area contributed by atoms with Crippen LogP contribution < -0.4 is 5.32 Å². The van der Waals surface area contributed by atoms with Gasteiger partial charge in [0.2, 0.25) is 0 Å². The normalized spacial score (nSPS) is 20.1. The standard InChI is InChI=1S/C24H29N7O/c1-23(2)10-18(11-24(3,4)29-23)31-22-16(12-26-31)8-20(27-28-22)19-7-6-15(9-21(19)32)17-13-25-30(5)14-17/h6-9,12-14,18,29,32H,10-11H2,1-5H3/i5D3. The minimum atomic E-state index is -2.35. The minimum Gasteiger partial charge on any atom is -0.507 e. The van der Waals surface area contributed by atoms with Gasteiger partial charge in [-0.1, -0.05) is 6.07 Å². The molecule has 0 unspecified atom stereocenters. The van der Waals surface area contributed by atoms with Gasteiger partial charge in [-0.2, -0.15) is 10.2 Å². The predicted molar refractivity (Wildman–Crippen MR) is 124 cm³/mol. The molecule has 1 saturated heterocycles.